The minimum absolute atomic E-state index is 0.0814. The van der Waals surface area contributed by atoms with E-state index in [9.17, 15) is 14.4 Å². The third-order valence-corrected chi connectivity index (χ3v) is 11.9. The average Bonchev–Trinajstić information content (AvgIpc) is 3.27. The predicted molar refractivity (Wildman–Crippen MR) is 266 cm³/mol. The fraction of sp³-hybridized carbons (Fsp3) is 0.839. The van der Waals surface area contributed by atoms with Crippen molar-refractivity contribution in [3.63, 3.8) is 0 Å². The van der Waals surface area contributed by atoms with E-state index in [0.717, 1.165) is 89.9 Å². The van der Waals surface area contributed by atoms with Gasteiger partial charge in [-0.05, 0) is 51.4 Å². The lowest BCUT2D eigenvalue weighted by Crippen LogP contribution is -2.30. The molecule has 0 saturated carbocycles. The van der Waals surface area contributed by atoms with Gasteiger partial charge in [-0.3, -0.25) is 14.4 Å². The Balaban J connectivity index is 3.99. The van der Waals surface area contributed by atoms with E-state index in [1.54, 1.807) is 0 Å². The van der Waals surface area contributed by atoms with Crippen LogP contribution >= 0.6 is 0 Å². The highest BCUT2D eigenvalue weighted by molar-refractivity contribution is 5.71. The smallest absolute Gasteiger partial charge is 0.306 e. The third-order valence-electron chi connectivity index (χ3n) is 11.9. The molecule has 0 aliphatic heterocycles. The molecule has 1 unspecified atom stereocenters. The Labute approximate surface area is 385 Å². The number of carbonyl (C=O) groups is 3. The van der Waals surface area contributed by atoms with E-state index >= 15 is 0 Å². The Morgan fingerprint density at radius 3 is 0.984 bits per heavy atom. The lowest BCUT2D eigenvalue weighted by molar-refractivity contribution is -0.167. The van der Waals surface area contributed by atoms with Crippen molar-refractivity contribution in [2.45, 2.75) is 290 Å². The Bertz CT molecular complexity index is 1050. The van der Waals surface area contributed by atoms with Gasteiger partial charge in [0.05, 0.1) is 0 Å². The highest BCUT2D eigenvalue weighted by atomic mass is 16.6. The number of hydrogen-bond donors (Lipinski definition) is 0. The molecule has 0 bridgehead atoms. The quantitative estimate of drug-likeness (QED) is 0.0262. The SMILES string of the molecule is CC/C=C\C/C=C\C/C=C\CCCCCC(=O)OC(COC(=O)CCCCCCC)COC(=O)CCCCCCCCCCCCCCCCCCCCCCCCCCCC. The first-order chi connectivity index (χ1) is 30.5. The largest absolute Gasteiger partial charge is 0.462 e. The van der Waals surface area contributed by atoms with Gasteiger partial charge in [-0.15, -0.1) is 0 Å². The topological polar surface area (TPSA) is 78.9 Å². The van der Waals surface area contributed by atoms with E-state index in [2.05, 4.69) is 57.2 Å². The van der Waals surface area contributed by atoms with Crippen molar-refractivity contribution >= 4 is 17.9 Å². The Hall–Kier alpha value is -2.37. The predicted octanol–water partition coefficient (Wildman–Crippen LogP) is 17.7. The van der Waals surface area contributed by atoms with Crippen LogP contribution in [0.4, 0.5) is 0 Å². The second kappa shape index (κ2) is 51.3. The van der Waals surface area contributed by atoms with Crippen molar-refractivity contribution < 1.29 is 28.6 Å². The van der Waals surface area contributed by atoms with Gasteiger partial charge < -0.3 is 14.2 Å². The zero-order chi connectivity index (χ0) is 45.1. The van der Waals surface area contributed by atoms with Crippen molar-refractivity contribution in [1.82, 2.24) is 0 Å². The first-order valence-corrected chi connectivity index (χ1v) is 27.0. The van der Waals surface area contributed by atoms with E-state index in [-0.39, 0.29) is 31.1 Å². The summed E-state index contributed by atoms with van der Waals surface area (Å²) in [5.74, 6) is -0.916. The van der Waals surface area contributed by atoms with Gasteiger partial charge in [-0.1, -0.05) is 250 Å². The molecule has 362 valence electrons. The normalized spacial score (nSPS) is 12.2. The van der Waals surface area contributed by atoms with Crippen LogP contribution in [0.15, 0.2) is 36.5 Å². The molecule has 0 fully saturated rings. The van der Waals surface area contributed by atoms with Crippen LogP contribution in [0.5, 0.6) is 0 Å². The van der Waals surface area contributed by atoms with Crippen LogP contribution in [0.3, 0.4) is 0 Å². The molecular weight excluding hydrogens is 769 g/mol. The summed E-state index contributed by atoms with van der Waals surface area (Å²) in [4.78, 5) is 37.6. The van der Waals surface area contributed by atoms with Gasteiger partial charge in [0.25, 0.3) is 0 Å². The summed E-state index contributed by atoms with van der Waals surface area (Å²) < 4.78 is 16.6. The van der Waals surface area contributed by atoms with Crippen molar-refractivity contribution in [1.29, 1.82) is 0 Å². The number of rotatable bonds is 49. The van der Waals surface area contributed by atoms with Gasteiger partial charge >= 0.3 is 17.9 Å². The average molecular weight is 871 g/mol. The van der Waals surface area contributed by atoms with Crippen LogP contribution in [0, 0.1) is 0 Å². The van der Waals surface area contributed by atoms with Crippen molar-refractivity contribution in [2.24, 2.45) is 0 Å². The lowest BCUT2D eigenvalue weighted by atomic mass is 10.0. The van der Waals surface area contributed by atoms with E-state index in [0.29, 0.717) is 19.3 Å². The number of esters is 3. The summed E-state index contributed by atoms with van der Waals surface area (Å²) in [6, 6.07) is 0. The van der Waals surface area contributed by atoms with Gasteiger partial charge in [0.2, 0.25) is 0 Å². The third kappa shape index (κ3) is 48.7. The Morgan fingerprint density at radius 1 is 0.339 bits per heavy atom. The van der Waals surface area contributed by atoms with Gasteiger partial charge in [0.1, 0.15) is 13.2 Å². The van der Waals surface area contributed by atoms with Gasteiger partial charge in [-0.2, -0.15) is 0 Å². The number of ether oxygens (including phenoxy) is 3. The molecule has 0 rings (SSSR count). The van der Waals surface area contributed by atoms with Crippen LogP contribution in [-0.2, 0) is 28.6 Å². The van der Waals surface area contributed by atoms with E-state index in [1.165, 1.54) is 154 Å². The summed E-state index contributed by atoms with van der Waals surface area (Å²) in [6.45, 7) is 6.44. The molecule has 0 aromatic heterocycles. The summed E-state index contributed by atoms with van der Waals surface area (Å²) in [5.41, 5.74) is 0. The summed E-state index contributed by atoms with van der Waals surface area (Å²) in [6.07, 6.45) is 60.6. The molecule has 0 saturated heterocycles. The molecule has 6 nitrogen and oxygen atoms in total. The molecule has 0 aliphatic rings. The molecule has 0 radical (unpaired) electrons. The van der Waals surface area contributed by atoms with Crippen molar-refractivity contribution in [2.75, 3.05) is 13.2 Å². The monoisotopic (exact) mass is 871 g/mol. The molecule has 1 atom stereocenters. The maximum atomic E-state index is 12.7. The number of hydrogen-bond acceptors (Lipinski definition) is 6. The second-order valence-electron chi connectivity index (χ2n) is 18.1. The van der Waals surface area contributed by atoms with Gasteiger partial charge in [0.15, 0.2) is 6.10 Å². The molecule has 62 heavy (non-hydrogen) atoms. The molecule has 0 spiro atoms. The molecule has 0 heterocycles. The highest BCUT2D eigenvalue weighted by Gasteiger charge is 2.19. The van der Waals surface area contributed by atoms with E-state index in [1.807, 2.05) is 0 Å². The Kier molecular flexibility index (Phi) is 49.3. The van der Waals surface area contributed by atoms with Crippen LogP contribution < -0.4 is 0 Å². The van der Waals surface area contributed by atoms with Gasteiger partial charge in [0, 0.05) is 19.3 Å². The number of unbranched alkanes of at least 4 members (excludes halogenated alkanes) is 32. The Morgan fingerprint density at radius 2 is 0.629 bits per heavy atom. The lowest BCUT2D eigenvalue weighted by Gasteiger charge is -2.18. The molecule has 0 N–H and O–H groups in total. The highest BCUT2D eigenvalue weighted by Crippen LogP contribution is 2.17. The molecule has 0 aromatic rings. The maximum absolute atomic E-state index is 12.7. The summed E-state index contributed by atoms with van der Waals surface area (Å²) >= 11 is 0. The minimum atomic E-state index is -0.780. The first kappa shape index (κ1) is 59.6. The first-order valence-electron chi connectivity index (χ1n) is 27.0. The van der Waals surface area contributed by atoms with Crippen molar-refractivity contribution in [3.8, 4) is 0 Å². The van der Waals surface area contributed by atoms with E-state index in [4.69, 9.17) is 14.2 Å². The maximum Gasteiger partial charge on any atom is 0.306 e. The fourth-order valence-corrected chi connectivity index (χ4v) is 7.87. The molecular formula is C56H102O6. The van der Waals surface area contributed by atoms with Crippen LogP contribution in [-0.4, -0.2) is 37.2 Å². The second-order valence-corrected chi connectivity index (χ2v) is 18.1. The molecule has 6 heteroatoms. The summed E-state index contributed by atoms with van der Waals surface area (Å²) in [5, 5.41) is 0. The number of carbonyl (C=O) groups excluding carboxylic acids is 3. The zero-order valence-electron chi connectivity index (χ0n) is 41.4. The van der Waals surface area contributed by atoms with Gasteiger partial charge in [-0.25, -0.2) is 0 Å². The molecule has 0 aromatic carbocycles. The summed E-state index contributed by atoms with van der Waals surface area (Å²) in [7, 11) is 0. The van der Waals surface area contributed by atoms with E-state index < -0.39 is 6.10 Å². The van der Waals surface area contributed by atoms with Crippen LogP contribution in [0.2, 0.25) is 0 Å². The van der Waals surface area contributed by atoms with Crippen LogP contribution in [0.1, 0.15) is 284 Å². The standard InChI is InChI=1S/C56H102O6/c1-4-7-10-13-15-17-19-21-22-23-24-25-26-27-28-29-30-31-32-33-35-36-38-40-43-46-49-55(58)61-52-53(51-60-54(57)48-45-42-12-9-6-3)62-56(59)50-47-44-41-39-37-34-20-18-16-14-11-8-5-2/h8,11,16,18,34,37,53H,4-7,9-10,12-15,17,19-33,35-36,38-52H2,1-3H3/b11-8-,18-16-,37-34-. The van der Waals surface area contributed by atoms with Crippen molar-refractivity contribution in [3.05, 3.63) is 36.5 Å². The zero-order valence-corrected chi connectivity index (χ0v) is 41.4. The minimum Gasteiger partial charge on any atom is -0.462 e. The fourth-order valence-electron chi connectivity index (χ4n) is 7.87. The number of allylic oxidation sites excluding steroid dienone is 6. The van der Waals surface area contributed by atoms with Crippen LogP contribution in [0.25, 0.3) is 0 Å². The molecule has 0 amide bonds. The molecule has 0 aliphatic carbocycles.